The van der Waals surface area contributed by atoms with Crippen LogP contribution in [0.15, 0.2) is 105 Å². The molecule has 60 heavy (non-hydrogen) atoms. The van der Waals surface area contributed by atoms with Gasteiger partial charge in [-0.2, -0.15) is 53.4 Å². The van der Waals surface area contributed by atoms with E-state index in [2.05, 4.69) is 20.2 Å². The summed E-state index contributed by atoms with van der Waals surface area (Å²) >= 11 is 13.5. The largest absolute Gasteiger partial charge is 0.473 e. The first-order valence-electron chi connectivity index (χ1n) is 16.5. The maximum atomic E-state index is 13.5. The number of hydrazone groups is 2. The number of halogens is 8. The minimum atomic E-state index is -5.42. The van der Waals surface area contributed by atoms with E-state index in [1.54, 1.807) is 0 Å². The van der Waals surface area contributed by atoms with Crippen LogP contribution in [-0.2, 0) is 39.3 Å². The summed E-state index contributed by atoms with van der Waals surface area (Å²) in [7, 11) is -10.7. The predicted molar refractivity (Wildman–Crippen MR) is 207 cm³/mol. The molecule has 0 bridgehead atoms. The number of benzene rings is 4. The molecule has 2 aliphatic carbocycles. The second-order valence-corrected chi connectivity index (χ2v) is 17.2. The van der Waals surface area contributed by atoms with E-state index in [1.165, 1.54) is 48.5 Å². The van der Waals surface area contributed by atoms with Crippen LogP contribution < -0.4 is 11.7 Å². The first-order valence-corrected chi connectivity index (χ1v) is 20.1. The van der Waals surface area contributed by atoms with Crippen LogP contribution in [0.5, 0.6) is 0 Å². The summed E-state index contributed by atoms with van der Waals surface area (Å²) < 4.78 is 150. The lowest BCUT2D eigenvalue weighted by Crippen LogP contribution is -2.46. The molecule has 0 saturated heterocycles. The number of nitrogens with two attached hydrogens (primary N) is 2. The highest BCUT2D eigenvalue weighted by atomic mass is 35.5. The summed E-state index contributed by atoms with van der Waals surface area (Å²) in [6.45, 7) is 0. The molecule has 4 aromatic carbocycles. The van der Waals surface area contributed by atoms with Crippen molar-refractivity contribution in [3.8, 4) is 11.1 Å². The van der Waals surface area contributed by atoms with Crippen LogP contribution in [0.25, 0.3) is 11.1 Å². The third kappa shape index (κ3) is 7.25. The second kappa shape index (κ2) is 15.2. The third-order valence-electron chi connectivity index (χ3n) is 9.86. The second-order valence-electron chi connectivity index (χ2n) is 13.1. The van der Waals surface area contributed by atoms with Crippen molar-refractivity contribution in [2.75, 3.05) is 0 Å². The van der Waals surface area contributed by atoms with Gasteiger partial charge in [0.15, 0.2) is 9.49 Å². The summed E-state index contributed by atoms with van der Waals surface area (Å²) in [5, 5.41) is 6.11. The zero-order valence-electron chi connectivity index (χ0n) is 29.6. The van der Waals surface area contributed by atoms with Gasteiger partial charge in [-0.1, -0.05) is 96.0 Å². The van der Waals surface area contributed by atoms with Gasteiger partial charge in [0.25, 0.3) is 20.2 Å². The molecule has 0 aliphatic heterocycles. The van der Waals surface area contributed by atoms with Gasteiger partial charge >= 0.3 is 24.2 Å². The summed E-state index contributed by atoms with van der Waals surface area (Å²) in [6.07, 6.45) is -12.7. The number of carbonyl (C=O) groups is 2. The van der Waals surface area contributed by atoms with Crippen molar-refractivity contribution in [2.24, 2.45) is 31.9 Å². The van der Waals surface area contributed by atoms with Crippen LogP contribution in [-0.4, -0.2) is 73.0 Å². The lowest BCUT2D eigenvalue weighted by molar-refractivity contribution is -0.169. The average Bonchev–Trinajstić information content (AvgIpc) is 3.16. The van der Waals surface area contributed by atoms with E-state index in [-0.39, 0.29) is 54.6 Å². The SMILES string of the molecule is N/N=C1/CC(c2ccc(-c3ccc(C4(S(=O)(=O)O)C/C(=N\N)C(=NC(=O)C(F)(F)F)c5ccccc54)c(Cl)c3)cc2Cl)(S(=O)(=O)O)c2ccccc2C1=NC(=O)C(F)(F)F. The molecule has 0 saturated carbocycles. The van der Waals surface area contributed by atoms with E-state index in [0.717, 1.165) is 36.4 Å². The Balaban J connectivity index is 1.51. The lowest BCUT2D eigenvalue weighted by atomic mass is 9.75. The van der Waals surface area contributed by atoms with Crippen molar-refractivity contribution in [1.29, 1.82) is 0 Å². The van der Waals surface area contributed by atoms with E-state index in [0.29, 0.717) is 0 Å². The zero-order chi connectivity index (χ0) is 44.4. The highest BCUT2D eigenvalue weighted by Crippen LogP contribution is 2.51. The lowest BCUT2D eigenvalue weighted by Gasteiger charge is -2.38. The Morgan fingerprint density at radius 1 is 0.583 bits per heavy atom. The molecule has 0 heterocycles. The molecule has 2 amide bonds. The van der Waals surface area contributed by atoms with Gasteiger partial charge in [0.2, 0.25) is 0 Å². The Labute approximate surface area is 344 Å². The fourth-order valence-electron chi connectivity index (χ4n) is 7.28. The summed E-state index contributed by atoms with van der Waals surface area (Å²) in [5.41, 5.74) is -4.32. The third-order valence-corrected chi connectivity index (χ3v) is 13.4. The minimum absolute atomic E-state index is 0.173. The van der Waals surface area contributed by atoms with Crippen LogP contribution in [0.1, 0.15) is 46.2 Å². The van der Waals surface area contributed by atoms with Crippen molar-refractivity contribution in [3.63, 3.8) is 0 Å². The van der Waals surface area contributed by atoms with Crippen molar-refractivity contribution in [1.82, 2.24) is 0 Å². The van der Waals surface area contributed by atoms with Crippen molar-refractivity contribution in [3.05, 3.63) is 128 Å². The maximum Gasteiger partial charge on any atom is 0.473 e. The number of aliphatic imine (C=N–C) groups is 2. The molecular weight excluding hydrogens is 893 g/mol. The fraction of sp³-hybridized carbons (Fsp3) is 0.167. The number of rotatable bonds is 5. The molecule has 0 radical (unpaired) electrons. The molecule has 314 valence electrons. The molecular formula is C36H24Cl2F6N6O8S2. The summed E-state index contributed by atoms with van der Waals surface area (Å²) in [6, 6.07) is 17.1. The fourth-order valence-corrected chi connectivity index (χ4v) is 10.5. The van der Waals surface area contributed by atoms with Crippen LogP contribution in [0, 0.1) is 0 Å². The molecule has 2 unspecified atom stereocenters. The summed E-state index contributed by atoms with van der Waals surface area (Å²) in [5.74, 6) is 5.88. The van der Waals surface area contributed by atoms with E-state index in [9.17, 15) is 61.9 Å². The van der Waals surface area contributed by atoms with E-state index >= 15 is 0 Å². The van der Waals surface area contributed by atoms with Gasteiger partial charge in [0, 0.05) is 34.0 Å². The Hall–Kier alpha value is -5.52. The molecule has 6 rings (SSSR count). The number of carbonyl (C=O) groups excluding carboxylic acids is 2. The highest BCUT2D eigenvalue weighted by Gasteiger charge is 2.56. The van der Waals surface area contributed by atoms with E-state index < -0.39 is 89.6 Å². The van der Waals surface area contributed by atoms with Crippen LogP contribution >= 0.6 is 23.2 Å². The Kier molecular flexibility index (Phi) is 11.1. The van der Waals surface area contributed by atoms with Crippen molar-refractivity contribution < 1.29 is 61.9 Å². The number of hydrogen-bond acceptors (Lipinski definition) is 10. The molecule has 0 spiro atoms. The van der Waals surface area contributed by atoms with Crippen molar-refractivity contribution >= 4 is 78.1 Å². The van der Waals surface area contributed by atoms with Gasteiger partial charge in [0.05, 0.1) is 22.8 Å². The maximum absolute atomic E-state index is 13.5. The molecule has 14 nitrogen and oxygen atoms in total. The quantitative estimate of drug-likeness (QED) is 0.0774. The number of alkyl halides is 6. The van der Waals surface area contributed by atoms with Crippen LogP contribution in [0.2, 0.25) is 10.0 Å². The molecule has 0 aromatic heterocycles. The number of amides is 2. The highest BCUT2D eigenvalue weighted by molar-refractivity contribution is 7.87. The number of hydrogen-bond donors (Lipinski definition) is 4. The molecule has 2 aliphatic rings. The summed E-state index contributed by atoms with van der Waals surface area (Å²) in [4.78, 5) is 30.1. The normalized spacial score (nSPS) is 22.5. The topological polar surface area (TPSA) is 244 Å². The van der Waals surface area contributed by atoms with Crippen molar-refractivity contribution in [2.45, 2.75) is 34.7 Å². The first kappa shape index (κ1) is 44.0. The first-order chi connectivity index (χ1) is 27.8. The molecule has 6 N–H and O–H groups in total. The zero-order valence-corrected chi connectivity index (χ0v) is 32.8. The van der Waals surface area contributed by atoms with Gasteiger partial charge in [-0.05, 0) is 45.5 Å². The number of fused-ring (bicyclic) bond motifs is 2. The Morgan fingerprint density at radius 2 is 0.917 bits per heavy atom. The molecule has 0 fully saturated rings. The average molecular weight is 918 g/mol. The monoisotopic (exact) mass is 916 g/mol. The van der Waals surface area contributed by atoms with Gasteiger partial charge in [0.1, 0.15) is 0 Å². The Bertz CT molecular complexity index is 2680. The Morgan fingerprint density at radius 3 is 1.20 bits per heavy atom. The van der Waals surface area contributed by atoms with Gasteiger partial charge in [-0.3, -0.25) is 18.7 Å². The van der Waals surface area contributed by atoms with Gasteiger partial charge in [-0.25, -0.2) is 9.98 Å². The molecule has 2 atom stereocenters. The molecule has 4 aromatic rings. The standard InChI is InChI=1S/C36H24Cl2F6N6O8S2/c37-25-13-17(9-11-23(25)33(59(53,54)55)15-27(49-45)29(47-31(51)35(39,40)41)19-5-1-3-7-21(19)33)18-10-12-24(26(38)14-18)34(60(56,57)58)16-28(50-46)30(48-32(52)36(42,43)44)20-6-2-4-8-22(20)34/h1-14H,15-16,45-46H2,(H,53,54,55)(H,56,57,58)/b47-29?,48-30?,49-27-,50-28+. The van der Waals surface area contributed by atoms with E-state index in [1.807, 2.05) is 0 Å². The van der Waals surface area contributed by atoms with Gasteiger partial charge < -0.3 is 11.7 Å². The minimum Gasteiger partial charge on any atom is -0.323 e. The van der Waals surface area contributed by atoms with Crippen LogP contribution in [0.4, 0.5) is 26.3 Å². The van der Waals surface area contributed by atoms with E-state index in [4.69, 9.17) is 34.9 Å². The number of nitrogens with zero attached hydrogens (tertiary/aromatic N) is 4. The smallest absolute Gasteiger partial charge is 0.323 e. The van der Waals surface area contributed by atoms with Gasteiger partial charge in [-0.15, -0.1) is 0 Å². The molecule has 24 heteroatoms. The predicted octanol–water partition coefficient (Wildman–Crippen LogP) is 6.12. The van der Waals surface area contributed by atoms with Crippen LogP contribution in [0.3, 0.4) is 0 Å².